The summed E-state index contributed by atoms with van der Waals surface area (Å²) >= 11 is 0. The largest absolute Gasteiger partial charge is 0.326 e. The third-order valence-corrected chi connectivity index (χ3v) is 5.43. The maximum Gasteiger partial charge on any atom is 0.229 e. The van der Waals surface area contributed by atoms with Crippen LogP contribution < -0.4 is 10.2 Å². The number of carbonyl (C=O) groups is 3. The van der Waals surface area contributed by atoms with Crippen LogP contribution in [-0.2, 0) is 9.59 Å². The SMILES string of the molecule is CCC(C)c1ccccc1N1CC(C(=O)Nc2ccc(C(C)=O)cc2)CC1=O. The number of rotatable bonds is 6. The summed E-state index contributed by atoms with van der Waals surface area (Å²) in [6.45, 7) is 6.16. The van der Waals surface area contributed by atoms with E-state index in [2.05, 4.69) is 25.2 Å². The highest BCUT2D eigenvalue weighted by atomic mass is 16.2. The summed E-state index contributed by atoms with van der Waals surface area (Å²) in [5, 5.41) is 2.86. The highest BCUT2D eigenvalue weighted by molar-refractivity contribution is 6.04. The Labute approximate surface area is 165 Å². The minimum Gasteiger partial charge on any atom is -0.326 e. The van der Waals surface area contributed by atoms with E-state index in [1.807, 2.05) is 18.2 Å². The summed E-state index contributed by atoms with van der Waals surface area (Å²) in [5.74, 6) is -0.271. The number of Topliss-reactive ketones (excluding diaryl/α,β-unsaturated/α-hetero) is 1. The zero-order valence-electron chi connectivity index (χ0n) is 16.6. The predicted octanol–water partition coefficient (Wildman–Crippen LogP) is 4.39. The molecule has 2 unspecified atom stereocenters. The van der Waals surface area contributed by atoms with E-state index in [1.165, 1.54) is 6.92 Å². The molecular formula is C23H26N2O3. The molecule has 1 aliphatic rings. The van der Waals surface area contributed by atoms with Crippen LogP contribution in [0.15, 0.2) is 48.5 Å². The van der Waals surface area contributed by atoms with Gasteiger partial charge in [-0.25, -0.2) is 0 Å². The lowest BCUT2D eigenvalue weighted by Crippen LogP contribution is -2.29. The number of benzene rings is 2. The number of amides is 2. The molecule has 2 atom stereocenters. The second-order valence-corrected chi connectivity index (χ2v) is 7.40. The summed E-state index contributed by atoms with van der Waals surface area (Å²) in [4.78, 5) is 38.4. The first kappa shape index (κ1) is 19.8. The number of hydrogen-bond donors (Lipinski definition) is 1. The van der Waals surface area contributed by atoms with Gasteiger partial charge in [0.15, 0.2) is 5.78 Å². The average Bonchev–Trinajstić information content (AvgIpc) is 3.09. The van der Waals surface area contributed by atoms with Gasteiger partial charge in [-0.3, -0.25) is 14.4 Å². The van der Waals surface area contributed by atoms with Crippen molar-refractivity contribution < 1.29 is 14.4 Å². The van der Waals surface area contributed by atoms with E-state index in [0.717, 1.165) is 17.7 Å². The molecule has 1 saturated heterocycles. The van der Waals surface area contributed by atoms with Gasteiger partial charge < -0.3 is 10.2 Å². The average molecular weight is 378 g/mol. The molecule has 5 nitrogen and oxygen atoms in total. The quantitative estimate of drug-likeness (QED) is 0.758. The summed E-state index contributed by atoms with van der Waals surface area (Å²) in [7, 11) is 0. The number of nitrogens with zero attached hydrogens (tertiary/aromatic N) is 1. The molecule has 1 N–H and O–H groups in total. The molecule has 0 aliphatic carbocycles. The second-order valence-electron chi connectivity index (χ2n) is 7.40. The van der Waals surface area contributed by atoms with E-state index in [1.54, 1.807) is 29.2 Å². The summed E-state index contributed by atoms with van der Waals surface area (Å²) < 4.78 is 0. The van der Waals surface area contributed by atoms with Crippen molar-refractivity contribution in [2.45, 2.75) is 39.5 Å². The van der Waals surface area contributed by atoms with Gasteiger partial charge in [0.1, 0.15) is 0 Å². The van der Waals surface area contributed by atoms with Crippen LogP contribution in [0.5, 0.6) is 0 Å². The van der Waals surface area contributed by atoms with E-state index in [-0.39, 0.29) is 24.0 Å². The summed E-state index contributed by atoms with van der Waals surface area (Å²) in [6.07, 6.45) is 1.19. The molecule has 2 amide bonds. The van der Waals surface area contributed by atoms with Crippen molar-refractivity contribution in [3.8, 4) is 0 Å². The van der Waals surface area contributed by atoms with Gasteiger partial charge in [-0.15, -0.1) is 0 Å². The van der Waals surface area contributed by atoms with Crippen molar-refractivity contribution in [1.82, 2.24) is 0 Å². The fourth-order valence-electron chi connectivity index (χ4n) is 3.52. The van der Waals surface area contributed by atoms with Crippen molar-refractivity contribution >= 4 is 29.0 Å². The molecule has 1 heterocycles. The first-order chi connectivity index (χ1) is 13.4. The molecule has 0 radical (unpaired) electrons. The molecule has 0 spiro atoms. The number of nitrogens with one attached hydrogen (secondary N) is 1. The first-order valence-electron chi connectivity index (χ1n) is 9.71. The predicted molar refractivity (Wildman–Crippen MR) is 111 cm³/mol. The first-order valence-corrected chi connectivity index (χ1v) is 9.71. The van der Waals surface area contributed by atoms with Crippen LogP contribution >= 0.6 is 0 Å². The zero-order valence-corrected chi connectivity index (χ0v) is 16.6. The van der Waals surface area contributed by atoms with Crippen molar-refractivity contribution in [1.29, 1.82) is 0 Å². The lowest BCUT2D eigenvalue weighted by Gasteiger charge is -2.23. The van der Waals surface area contributed by atoms with Gasteiger partial charge in [0, 0.05) is 29.9 Å². The molecule has 3 rings (SSSR count). The molecule has 2 aromatic rings. The topological polar surface area (TPSA) is 66.5 Å². The van der Waals surface area contributed by atoms with Crippen molar-refractivity contribution in [3.63, 3.8) is 0 Å². The third kappa shape index (κ3) is 4.14. The van der Waals surface area contributed by atoms with Gasteiger partial charge >= 0.3 is 0 Å². The Morgan fingerprint density at radius 2 is 1.82 bits per heavy atom. The smallest absolute Gasteiger partial charge is 0.229 e. The maximum atomic E-state index is 12.7. The molecule has 0 saturated carbocycles. The van der Waals surface area contributed by atoms with Crippen molar-refractivity contribution in [2.75, 3.05) is 16.8 Å². The number of para-hydroxylation sites is 1. The van der Waals surface area contributed by atoms with Gasteiger partial charge in [-0.1, -0.05) is 32.0 Å². The monoisotopic (exact) mass is 378 g/mol. The van der Waals surface area contributed by atoms with Crippen molar-refractivity contribution in [3.05, 3.63) is 59.7 Å². The van der Waals surface area contributed by atoms with Gasteiger partial charge in [-0.05, 0) is 55.2 Å². The fraction of sp³-hybridized carbons (Fsp3) is 0.348. The number of hydrogen-bond acceptors (Lipinski definition) is 3. The van der Waals surface area contributed by atoms with E-state index in [9.17, 15) is 14.4 Å². The van der Waals surface area contributed by atoms with E-state index in [0.29, 0.717) is 23.7 Å². The molecular weight excluding hydrogens is 352 g/mol. The van der Waals surface area contributed by atoms with Gasteiger partial charge in [-0.2, -0.15) is 0 Å². The lowest BCUT2D eigenvalue weighted by atomic mass is 9.96. The Morgan fingerprint density at radius 3 is 2.46 bits per heavy atom. The standard InChI is InChI=1S/C23H26N2O3/c1-4-15(2)20-7-5-6-8-21(20)25-14-18(13-22(25)27)23(28)24-19-11-9-17(10-12-19)16(3)26/h5-12,15,18H,4,13-14H2,1-3H3,(H,24,28). The molecule has 28 heavy (non-hydrogen) atoms. The highest BCUT2D eigenvalue weighted by Gasteiger charge is 2.36. The molecule has 0 aromatic heterocycles. The van der Waals surface area contributed by atoms with E-state index in [4.69, 9.17) is 0 Å². The van der Waals surface area contributed by atoms with Gasteiger partial charge in [0.05, 0.1) is 5.92 Å². The van der Waals surface area contributed by atoms with Crippen LogP contribution in [0.25, 0.3) is 0 Å². The number of ketones is 1. The molecule has 1 aliphatic heterocycles. The van der Waals surface area contributed by atoms with Crippen LogP contribution in [0.4, 0.5) is 11.4 Å². The third-order valence-electron chi connectivity index (χ3n) is 5.43. The highest BCUT2D eigenvalue weighted by Crippen LogP contribution is 2.33. The maximum absolute atomic E-state index is 12.7. The Kier molecular flexibility index (Phi) is 5.93. The van der Waals surface area contributed by atoms with Gasteiger partial charge in [0.2, 0.25) is 11.8 Å². The molecule has 1 fully saturated rings. The molecule has 0 bridgehead atoms. The molecule has 146 valence electrons. The minimum atomic E-state index is -0.398. The van der Waals surface area contributed by atoms with Crippen LogP contribution in [0, 0.1) is 5.92 Å². The molecule has 2 aromatic carbocycles. The van der Waals surface area contributed by atoms with E-state index < -0.39 is 5.92 Å². The van der Waals surface area contributed by atoms with Crippen molar-refractivity contribution in [2.24, 2.45) is 5.92 Å². The van der Waals surface area contributed by atoms with Crippen LogP contribution in [0.1, 0.15) is 55.5 Å². The van der Waals surface area contributed by atoms with E-state index >= 15 is 0 Å². The normalized spacial score (nSPS) is 17.5. The Balaban J connectivity index is 1.72. The zero-order chi connectivity index (χ0) is 20.3. The Hall–Kier alpha value is -2.95. The minimum absolute atomic E-state index is 0.0186. The fourth-order valence-corrected chi connectivity index (χ4v) is 3.52. The molecule has 5 heteroatoms. The lowest BCUT2D eigenvalue weighted by molar-refractivity contribution is -0.122. The Bertz CT molecular complexity index is 889. The van der Waals surface area contributed by atoms with Crippen LogP contribution in [0.2, 0.25) is 0 Å². The van der Waals surface area contributed by atoms with Gasteiger partial charge in [0.25, 0.3) is 0 Å². The second kappa shape index (κ2) is 8.38. The summed E-state index contributed by atoms with van der Waals surface area (Å²) in [6, 6.07) is 14.7. The number of anilines is 2. The number of carbonyl (C=O) groups excluding carboxylic acids is 3. The van der Waals surface area contributed by atoms with Crippen LogP contribution in [0.3, 0.4) is 0 Å². The van der Waals surface area contributed by atoms with Crippen LogP contribution in [-0.4, -0.2) is 24.1 Å². The Morgan fingerprint density at radius 1 is 1.14 bits per heavy atom. The summed E-state index contributed by atoms with van der Waals surface area (Å²) in [5.41, 5.74) is 3.27.